The number of rotatable bonds is 6. The van der Waals surface area contributed by atoms with Crippen LogP contribution in [-0.2, 0) is 14.3 Å². The molecule has 1 amide bonds. The molecule has 0 spiro atoms. The summed E-state index contributed by atoms with van der Waals surface area (Å²) in [5, 5.41) is 1.08. The first-order valence-corrected chi connectivity index (χ1v) is 6.02. The SMILES string of the molecule is CCC(C)OC(=O)[C@@H](C)NC(=O)C(F)(F)C(F)(F)C(F)(F)F. The Kier molecular flexibility index (Phi) is 6.22. The Hall–Kier alpha value is -1.55. The highest BCUT2D eigenvalue weighted by Crippen LogP contribution is 2.46. The first-order valence-electron chi connectivity index (χ1n) is 6.02. The van der Waals surface area contributed by atoms with Gasteiger partial charge in [0.25, 0.3) is 5.91 Å². The molecule has 4 nitrogen and oxygen atoms in total. The van der Waals surface area contributed by atoms with Crippen molar-refractivity contribution in [1.82, 2.24) is 5.32 Å². The number of ether oxygens (including phenoxy) is 1. The Morgan fingerprint density at radius 3 is 1.86 bits per heavy atom. The maximum absolute atomic E-state index is 13.0. The first kappa shape index (κ1) is 20.5. The van der Waals surface area contributed by atoms with Crippen molar-refractivity contribution in [3.05, 3.63) is 0 Å². The molecule has 22 heavy (non-hydrogen) atoms. The molecule has 1 unspecified atom stereocenters. The van der Waals surface area contributed by atoms with E-state index in [-0.39, 0.29) is 0 Å². The van der Waals surface area contributed by atoms with Gasteiger partial charge in [0.05, 0.1) is 6.10 Å². The standard InChI is InChI=1S/C11H14F7NO3/c1-4-5(2)22-7(20)6(3)19-8(21)9(12,13)10(14,15)11(16,17)18/h5-6H,4H2,1-3H3,(H,19,21)/t5?,6-/m1/s1. The molecule has 0 fully saturated rings. The number of nitrogens with one attached hydrogen (secondary N) is 1. The summed E-state index contributed by atoms with van der Waals surface area (Å²) in [6.07, 6.45) is -6.94. The zero-order valence-electron chi connectivity index (χ0n) is 11.7. The monoisotopic (exact) mass is 341 g/mol. The van der Waals surface area contributed by atoms with E-state index in [1.54, 1.807) is 6.92 Å². The first-order chi connectivity index (χ1) is 9.68. The number of halogens is 7. The Bertz CT molecular complexity index is 422. The molecule has 0 aromatic carbocycles. The van der Waals surface area contributed by atoms with Crippen molar-refractivity contribution in [2.45, 2.75) is 57.4 Å². The normalized spacial score (nSPS) is 15.9. The van der Waals surface area contributed by atoms with Crippen LogP contribution in [-0.4, -0.2) is 42.0 Å². The second-order valence-corrected chi connectivity index (χ2v) is 4.50. The van der Waals surface area contributed by atoms with E-state index in [4.69, 9.17) is 0 Å². The molecule has 0 aliphatic rings. The van der Waals surface area contributed by atoms with Crippen molar-refractivity contribution >= 4 is 11.9 Å². The average Bonchev–Trinajstić information content (AvgIpc) is 2.36. The number of esters is 1. The van der Waals surface area contributed by atoms with Crippen LogP contribution in [0.3, 0.4) is 0 Å². The zero-order valence-corrected chi connectivity index (χ0v) is 11.7. The van der Waals surface area contributed by atoms with Crippen LogP contribution in [0.4, 0.5) is 30.7 Å². The molecule has 0 saturated carbocycles. The molecule has 0 aliphatic carbocycles. The maximum Gasteiger partial charge on any atom is 0.460 e. The van der Waals surface area contributed by atoms with Gasteiger partial charge in [-0.05, 0) is 20.3 Å². The number of carbonyl (C=O) groups is 2. The van der Waals surface area contributed by atoms with Gasteiger partial charge < -0.3 is 10.1 Å². The van der Waals surface area contributed by atoms with E-state index in [2.05, 4.69) is 4.74 Å². The summed E-state index contributed by atoms with van der Waals surface area (Å²) >= 11 is 0. The third-order valence-corrected chi connectivity index (χ3v) is 2.63. The highest BCUT2D eigenvalue weighted by Gasteiger charge is 2.76. The van der Waals surface area contributed by atoms with Gasteiger partial charge in [-0.3, -0.25) is 4.79 Å². The molecule has 0 saturated heterocycles. The Labute approximate surface area is 121 Å². The largest absolute Gasteiger partial charge is 0.461 e. The van der Waals surface area contributed by atoms with Crippen molar-refractivity contribution in [3.63, 3.8) is 0 Å². The van der Waals surface area contributed by atoms with E-state index in [9.17, 15) is 40.3 Å². The van der Waals surface area contributed by atoms with Crippen molar-refractivity contribution < 1.29 is 45.1 Å². The van der Waals surface area contributed by atoms with Crippen molar-refractivity contribution in [2.24, 2.45) is 0 Å². The topological polar surface area (TPSA) is 55.4 Å². The Morgan fingerprint density at radius 1 is 1.05 bits per heavy atom. The molecule has 0 radical (unpaired) electrons. The summed E-state index contributed by atoms with van der Waals surface area (Å²) in [7, 11) is 0. The van der Waals surface area contributed by atoms with E-state index in [1.807, 2.05) is 0 Å². The molecular formula is C11H14F7NO3. The minimum atomic E-state index is -6.63. The van der Waals surface area contributed by atoms with E-state index in [0.29, 0.717) is 6.42 Å². The van der Waals surface area contributed by atoms with Crippen molar-refractivity contribution in [1.29, 1.82) is 0 Å². The number of hydrogen-bond donors (Lipinski definition) is 1. The van der Waals surface area contributed by atoms with Crippen LogP contribution in [0.2, 0.25) is 0 Å². The van der Waals surface area contributed by atoms with Crippen LogP contribution in [0.15, 0.2) is 0 Å². The van der Waals surface area contributed by atoms with Crippen LogP contribution in [0.5, 0.6) is 0 Å². The predicted octanol–water partition coefficient (Wildman–Crippen LogP) is 2.67. The second kappa shape index (κ2) is 6.69. The van der Waals surface area contributed by atoms with Crippen LogP contribution in [0.25, 0.3) is 0 Å². The molecule has 0 aromatic heterocycles. The van der Waals surface area contributed by atoms with E-state index >= 15 is 0 Å². The molecule has 1 N–H and O–H groups in total. The molecule has 11 heteroatoms. The lowest BCUT2D eigenvalue weighted by atomic mass is 10.1. The van der Waals surface area contributed by atoms with Crippen LogP contribution >= 0.6 is 0 Å². The van der Waals surface area contributed by atoms with E-state index in [0.717, 1.165) is 12.2 Å². The fraction of sp³-hybridized carbons (Fsp3) is 0.818. The average molecular weight is 341 g/mol. The summed E-state index contributed by atoms with van der Waals surface area (Å²) in [5.74, 6) is -16.8. The minimum absolute atomic E-state index is 0.342. The quantitative estimate of drug-likeness (QED) is 0.597. The molecule has 0 aliphatic heterocycles. The lowest BCUT2D eigenvalue weighted by Crippen LogP contribution is -2.61. The number of hydrogen-bond acceptors (Lipinski definition) is 3. The van der Waals surface area contributed by atoms with Crippen molar-refractivity contribution in [3.8, 4) is 0 Å². The minimum Gasteiger partial charge on any atom is -0.461 e. The Morgan fingerprint density at radius 2 is 1.50 bits per heavy atom. The Balaban J connectivity index is 5.02. The third kappa shape index (κ3) is 4.23. The highest BCUT2D eigenvalue weighted by molar-refractivity contribution is 5.89. The van der Waals surface area contributed by atoms with Crippen LogP contribution in [0, 0.1) is 0 Å². The molecule has 130 valence electrons. The van der Waals surface area contributed by atoms with Gasteiger partial charge in [0, 0.05) is 0 Å². The molecular weight excluding hydrogens is 327 g/mol. The van der Waals surface area contributed by atoms with Gasteiger partial charge in [-0.15, -0.1) is 0 Å². The van der Waals surface area contributed by atoms with Gasteiger partial charge in [0.15, 0.2) is 0 Å². The fourth-order valence-electron chi connectivity index (χ4n) is 1.05. The lowest BCUT2D eigenvalue weighted by Gasteiger charge is -2.28. The highest BCUT2D eigenvalue weighted by atomic mass is 19.4. The predicted molar refractivity (Wildman–Crippen MR) is 59.4 cm³/mol. The summed E-state index contributed by atoms with van der Waals surface area (Å²) < 4.78 is 91.6. The van der Waals surface area contributed by atoms with E-state index < -0.39 is 42.0 Å². The zero-order chi connectivity index (χ0) is 17.9. The van der Waals surface area contributed by atoms with Gasteiger partial charge in [-0.1, -0.05) is 6.92 Å². The lowest BCUT2D eigenvalue weighted by molar-refractivity contribution is -0.344. The molecule has 2 atom stereocenters. The van der Waals surface area contributed by atoms with Crippen LogP contribution < -0.4 is 5.32 Å². The molecule has 0 rings (SSSR count). The summed E-state index contributed by atoms with van der Waals surface area (Å²) in [6, 6.07) is -1.82. The summed E-state index contributed by atoms with van der Waals surface area (Å²) in [5.41, 5.74) is 0. The fourth-order valence-corrected chi connectivity index (χ4v) is 1.05. The van der Waals surface area contributed by atoms with Gasteiger partial charge in [0.1, 0.15) is 6.04 Å². The van der Waals surface area contributed by atoms with Crippen LogP contribution in [0.1, 0.15) is 27.2 Å². The molecule has 0 aromatic rings. The smallest absolute Gasteiger partial charge is 0.460 e. The molecule has 0 heterocycles. The maximum atomic E-state index is 13.0. The number of carbonyl (C=O) groups excluding carboxylic acids is 2. The number of amides is 1. The van der Waals surface area contributed by atoms with Gasteiger partial charge in [-0.25, -0.2) is 4.79 Å². The van der Waals surface area contributed by atoms with E-state index in [1.165, 1.54) is 6.92 Å². The van der Waals surface area contributed by atoms with Gasteiger partial charge >= 0.3 is 24.0 Å². The van der Waals surface area contributed by atoms with Crippen molar-refractivity contribution in [2.75, 3.05) is 0 Å². The number of alkyl halides is 7. The second-order valence-electron chi connectivity index (χ2n) is 4.50. The van der Waals surface area contributed by atoms with Gasteiger partial charge in [-0.2, -0.15) is 30.7 Å². The summed E-state index contributed by atoms with van der Waals surface area (Å²) in [6.45, 7) is 3.85. The summed E-state index contributed by atoms with van der Waals surface area (Å²) in [4.78, 5) is 22.3. The van der Waals surface area contributed by atoms with Gasteiger partial charge in [0.2, 0.25) is 0 Å². The third-order valence-electron chi connectivity index (χ3n) is 2.63. The molecule has 0 bridgehead atoms.